The molecule has 0 radical (unpaired) electrons. The summed E-state index contributed by atoms with van der Waals surface area (Å²) in [6, 6.07) is 7.01. The van der Waals surface area contributed by atoms with Gasteiger partial charge in [0.25, 0.3) is 0 Å². The van der Waals surface area contributed by atoms with Gasteiger partial charge in [-0.15, -0.1) is 0 Å². The highest BCUT2D eigenvalue weighted by Gasteiger charge is 2.44. The van der Waals surface area contributed by atoms with Gasteiger partial charge in [-0.2, -0.15) is 0 Å². The fraction of sp³-hybridized carbons (Fsp3) is 0.542. The van der Waals surface area contributed by atoms with Gasteiger partial charge < -0.3 is 25.0 Å². The zero-order chi connectivity index (χ0) is 22.7. The number of ether oxygens (including phenoxy) is 1. The second-order valence-corrected chi connectivity index (χ2v) is 9.11. The quantitative estimate of drug-likeness (QED) is 0.611. The van der Waals surface area contributed by atoms with Crippen LogP contribution in [0.4, 0.5) is 0 Å². The van der Waals surface area contributed by atoms with E-state index in [1.54, 1.807) is 13.4 Å². The van der Waals surface area contributed by atoms with Gasteiger partial charge in [-0.3, -0.25) is 9.59 Å². The first-order valence-electron chi connectivity index (χ1n) is 11.3. The molecule has 0 saturated heterocycles. The molecule has 2 heterocycles. The number of hydrogen-bond acceptors (Lipinski definition) is 5. The van der Waals surface area contributed by atoms with Crippen molar-refractivity contribution in [3.63, 3.8) is 0 Å². The molecule has 0 bridgehead atoms. The number of carbonyl (C=O) groups excluding carboxylic acids is 2. The van der Waals surface area contributed by atoms with Gasteiger partial charge in [-0.1, -0.05) is 18.2 Å². The summed E-state index contributed by atoms with van der Waals surface area (Å²) >= 11 is 0. The topological polar surface area (TPSA) is 105 Å². The highest BCUT2D eigenvalue weighted by Crippen LogP contribution is 2.39. The fourth-order valence-electron chi connectivity index (χ4n) is 4.87. The van der Waals surface area contributed by atoms with Crippen LogP contribution < -0.4 is 15.4 Å². The molecule has 1 aliphatic heterocycles. The lowest BCUT2D eigenvalue weighted by atomic mass is 9.85. The molecule has 1 saturated carbocycles. The van der Waals surface area contributed by atoms with Crippen molar-refractivity contribution in [1.82, 2.24) is 20.2 Å². The number of aliphatic hydroxyl groups is 1. The Hall–Kier alpha value is -2.87. The van der Waals surface area contributed by atoms with Crippen molar-refractivity contribution in [3.8, 4) is 5.75 Å². The number of aryl methyl sites for hydroxylation is 1. The second-order valence-electron chi connectivity index (χ2n) is 9.11. The average molecular weight is 441 g/mol. The minimum absolute atomic E-state index is 0.0290. The third-order valence-electron chi connectivity index (χ3n) is 7.07. The maximum atomic E-state index is 13.2. The van der Waals surface area contributed by atoms with Gasteiger partial charge in [0.2, 0.25) is 11.8 Å². The molecule has 4 unspecified atom stereocenters. The molecule has 8 heteroatoms. The van der Waals surface area contributed by atoms with Crippen molar-refractivity contribution in [3.05, 3.63) is 48.0 Å². The highest BCUT2D eigenvalue weighted by atomic mass is 16.5. The van der Waals surface area contributed by atoms with Crippen molar-refractivity contribution in [2.45, 2.75) is 57.7 Å². The van der Waals surface area contributed by atoms with E-state index in [1.807, 2.05) is 37.4 Å². The number of imidazole rings is 1. The zero-order valence-electron chi connectivity index (χ0n) is 18.7. The summed E-state index contributed by atoms with van der Waals surface area (Å²) in [5, 5.41) is 16.5. The second kappa shape index (κ2) is 9.32. The Morgan fingerprint density at radius 2 is 2.16 bits per heavy atom. The molecule has 8 nitrogen and oxygen atoms in total. The van der Waals surface area contributed by atoms with Crippen LogP contribution in [0.5, 0.6) is 5.75 Å². The van der Waals surface area contributed by atoms with E-state index in [0.717, 1.165) is 30.6 Å². The van der Waals surface area contributed by atoms with Crippen LogP contribution in [0.3, 0.4) is 0 Å². The lowest BCUT2D eigenvalue weighted by Crippen LogP contribution is -2.48. The third-order valence-corrected chi connectivity index (χ3v) is 7.07. The van der Waals surface area contributed by atoms with Gasteiger partial charge in [0, 0.05) is 42.9 Å². The molecular formula is C24H32N4O4. The first kappa shape index (κ1) is 22.3. The Bertz CT molecular complexity index is 974. The maximum Gasteiger partial charge on any atom is 0.229 e. The number of benzene rings is 1. The van der Waals surface area contributed by atoms with Crippen LogP contribution in [0.2, 0.25) is 0 Å². The van der Waals surface area contributed by atoms with Gasteiger partial charge in [0.15, 0.2) is 0 Å². The molecule has 4 rings (SSSR count). The van der Waals surface area contributed by atoms with Crippen molar-refractivity contribution >= 4 is 11.8 Å². The summed E-state index contributed by atoms with van der Waals surface area (Å²) in [6.45, 7) is 2.83. The maximum absolute atomic E-state index is 13.2. The number of nitrogens with zero attached hydrogens (tertiary/aromatic N) is 2. The van der Waals surface area contributed by atoms with E-state index in [9.17, 15) is 14.7 Å². The lowest BCUT2D eigenvalue weighted by Gasteiger charge is -2.31. The summed E-state index contributed by atoms with van der Waals surface area (Å²) < 4.78 is 7.59. The summed E-state index contributed by atoms with van der Waals surface area (Å²) in [4.78, 5) is 30.3. The van der Waals surface area contributed by atoms with Gasteiger partial charge in [0.05, 0.1) is 31.0 Å². The number of fused-ring (bicyclic) bond motifs is 1. The summed E-state index contributed by atoms with van der Waals surface area (Å²) in [7, 11) is 1.59. The van der Waals surface area contributed by atoms with E-state index < -0.39 is 17.6 Å². The largest absolute Gasteiger partial charge is 0.496 e. The Balaban J connectivity index is 1.48. The highest BCUT2D eigenvalue weighted by molar-refractivity contribution is 5.84. The molecule has 1 aliphatic carbocycles. The van der Waals surface area contributed by atoms with Gasteiger partial charge in [-0.05, 0) is 38.7 Å². The predicted molar refractivity (Wildman–Crippen MR) is 119 cm³/mol. The number of methoxy groups -OCH3 is 1. The molecule has 3 N–H and O–H groups in total. The van der Waals surface area contributed by atoms with E-state index in [-0.39, 0.29) is 24.3 Å². The average Bonchev–Trinajstić information content (AvgIpc) is 3.42. The summed E-state index contributed by atoms with van der Waals surface area (Å²) in [5.41, 5.74) is 1.03. The Morgan fingerprint density at radius 1 is 1.34 bits per heavy atom. The number of carbonyl (C=O) groups is 2. The van der Waals surface area contributed by atoms with Crippen LogP contribution >= 0.6 is 0 Å². The lowest BCUT2D eigenvalue weighted by molar-refractivity contribution is -0.136. The zero-order valence-corrected chi connectivity index (χ0v) is 18.7. The van der Waals surface area contributed by atoms with Crippen LogP contribution in [0.15, 0.2) is 36.8 Å². The van der Waals surface area contributed by atoms with E-state index in [2.05, 4.69) is 20.2 Å². The van der Waals surface area contributed by atoms with E-state index in [4.69, 9.17) is 4.74 Å². The van der Waals surface area contributed by atoms with Crippen LogP contribution in [0.25, 0.3) is 0 Å². The number of aromatic nitrogens is 2. The van der Waals surface area contributed by atoms with Gasteiger partial charge in [-0.25, -0.2) is 4.98 Å². The van der Waals surface area contributed by atoms with Gasteiger partial charge >= 0.3 is 0 Å². The number of amides is 2. The minimum atomic E-state index is -0.827. The Kier molecular flexibility index (Phi) is 6.50. The molecule has 2 amide bonds. The van der Waals surface area contributed by atoms with Crippen molar-refractivity contribution < 1.29 is 19.4 Å². The fourth-order valence-corrected chi connectivity index (χ4v) is 4.87. The Morgan fingerprint density at radius 3 is 2.91 bits per heavy atom. The van der Waals surface area contributed by atoms with Crippen LogP contribution in [-0.2, 0) is 22.6 Å². The van der Waals surface area contributed by atoms with Crippen LogP contribution in [0.1, 0.15) is 49.9 Å². The normalized spacial score (nSPS) is 25.6. The minimum Gasteiger partial charge on any atom is -0.496 e. The smallest absolute Gasteiger partial charge is 0.229 e. The number of para-hydroxylation sites is 1. The van der Waals surface area contributed by atoms with Crippen molar-refractivity contribution in [1.29, 1.82) is 0 Å². The molecule has 4 atom stereocenters. The first-order valence-corrected chi connectivity index (χ1v) is 11.3. The molecule has 0 spiro atoms. The summed E-state index contributed by atoms with van der Waals surface area (Å²) in [5.74, 6) is 0.293. The molecule has 1 aromatic heterocycles. The Labute approximate surface area is 188 Å². The van der Waals surface area contributed by atoms with Crippen LogP contribution in [0, 0.1) is 11.3 Å². The third kappa shape index (κ3) is 4.37. The van der Waals surface area contributed by atoms with E-state index >= 15 is 0 Å². The first-order chi connectivity index (χ1) is 15.4. The molecule has 1 aromatic carbocycles. The van der Waals surface area contributed by atoms with Crippen molar-refractivity contribution in [2.24, 2.45) is 11.3 Å². The van der Waals surface area contributed by atoms with E-state index in [0.29, 0.717) is 25.0 Å². The molecule has 2 aliphatic rings. The number of aliphatic hydroxyl groups excluding tert-OH is 1. The SMILES string of the molecule is COc1ccccc1C(CNC(=O)C1CCn2cncc2C1)NC(=O)C1(C)CCCC1O. The molecule has 2 aromatic rings. The van der Waals surface area contributed by atoms with E-state index in [1.165, 1.54) is 0 Å². The molecular weight excluding hydrogens is 408 g/mol. The van der Waals surface area contributed by atoms with Crippen molar-refractivity contribution in [2.75, 3.05) is 13.7 Å². The number of nitrogens with one attached hydrogen (secondary N) is 2. The molecule has 1 fully saturated rings. The summed E-state index contributed by atoms with van der Waals surface area (Å²) in [6.07, 6.45) is 6.44. The number of hydrogen-bond donors (Lipinski definition) is 3. The number of rotatable bonds is 7. The van der Waals surface area contributed by atoms with Gasteiger partial charge in [0.1, 0.15) is 5.75 Å². The molecule has 172 valence electrons. The predicted octanol–water partition coefficient (Wildman–Crippen LogP) is 1.98. The van der Waals surface area contributed by atoms with Crippen LogP contribution in [-0.4, -0.2) is 46.2 Å². The standard InChI is InChI=1S/C24H32N4O4/c1-24(10-5-8-21(24)29)23(31)27-19(18-6-3-4-7-20(18)32-2)14-26-22(30)16-9-11-28-15-25-13-17(28)12-16/h3-4,6-7,13,15-16,19,21,29H,5,8-12,14H2,1-2H3,(H,26,30)(H,27,31). The monoisotopic (exact) mass is 440 g/mol. The molecule has 32 heavy (non-hydrogen) atoms.